The molecule has 0 heterocycles. The fourth-order valence-electron chi connectivity index (χ4n) is 1.57. The van der Waals surface area contributed by atoms with Crippen LogP contribution in [-0.4, -0.2) is 31.1 Å². The lowest BCUT2D eigenvalue weighted by Crippen LogP contribution is -2.34. The zero-order valence-corrected chi connectivity index (χ0v) is 13.1. The maximum atomic E-state index is 11.9. The molecule has 0 aliphatic carbocycles. The lowest BCUT2D eigenvalue weighted by atomic mass is 10.2. The Morgan fingerprint density at radius 3 is 2.62 bits per heavy atom. The standard InChI is InChI=1S/C14H22N4O2.ClH/c1-10(2)17-14(20)18-12-6-3-5-11(9-12)13(19)16-8-4-7-15;/h3,5-6,9-10H,4,7-8,15H2,1-2H3,(H,16,19)(H2,17,18,20);1H. The SMILES string of the molecule is CC(C)NC(=O)Nc1cccc(C(=O)NCCCN)c1.Cl. The molecule has 0 aliphatic heterocycles. The fraction of sp³-hybridized carbons (Fsp3) is 0.429. The van der Waals surface area contributed by atoms with Gasteiger partial charge in [0.05, 0.1) is 0 Å². The largest absolute Gasteiger partial charge is 0.352 e. The summed E-state index contributed by atoms with van der Waals surface area (Å²) in [6, 6.07) is 6.55. The maximum absolute atomic E-state index is 11.9. The minimum atomic E-state index is -0.291. The highest BCUT2D eigenvalue weighted by Gasteiger charge is 2.07. The first-order valence-electron chi connectivity index (χ1n) is 6.68. The molecule has 0 aromatic heterocycles. The van der Waals surface area contributed by atoms with Crippen molar-refractivity contribution in [1.82, 2.24) is 10.6 Å². The average Bonchev–Trinajstić information content (AvgIpc) is 2.38. The van der Waals surface area contributed by atoms with Gasteiger partial charge in [-0.3, -0.25) is 4.79 Å². The van der Waals surface area contributed by atoms with Gasteiger partial charge in [-0.15, -0.1) is 12.4 Å². The predicted octanol–water partition coefficient (Wildman–Crippen LogP) is 1.72. The minimum absolute atomic E-state index is 0. The van der Waals surface area contributed by atoms with Crippen LogP contribution < -0.4 is 21.7 Å². The molecular formula is C14H23ClN4O2. The zero-order valence-electron chi connectivity index (χ0n) is 12.3. The van der Waals surface area contributed by atoms with Crippen LogP contribution in [0.4, 0.5) is 10.5 Å². The molecule has 0 unspecified atom stereocenters. The summed E-state index contributed by atoms with van der Waals surface area (Å²) >= 11 is 0. The Bertz CT molecular complexity index is 466. The number of nitrogens with two attached hydrogens (primary N) is 1. The van der Waals surface area contributed by atoms with E-state index in [0.29, 0.717) is 24.3 Å². The second kappa shape index (κ2) is 10.0. The number of anilines is 1. The Balaban J connectivity index is 0.00000400. The molecule has 0 bridgehead atoms. The van der Waals surface area contributed by atoms with Gasteiger partial charge in [-0.1, -0.05) is 6.07 Å². The van der Waals surface area contributed by atoms with Gasteiger partial charge in [-0.05, 0) is 45.0 Å². The van der Waals surface area contributed by atoms with Gasteiger partial charge in [-0.25, -0.2) is 4.79 Å². The molecule has 0 spiro atoms. The van der Waals surface area contributed by atoms with Crippen LogP contribution in [0.3, 0.4) is 0 Å². The summed E-state index contributed by atoms with van der Waals surface area (Å²) in [5, 5.41) is 8.17. The molecule has 0 saturated carbocycles. The average molecular weight is 315 g/mol. The normalized spacial score (nSPS) is 9.71. The van der Waals surface area contributed by atoms with Gasteiger partial charge in [0.25, 0.3) is 5.91 Å². The van der Waals surface area contributed by atoms with E-state index in [1.165, 1.54) is 0 Å². The van der Waals surface area contributed by atoms with Gasteiger partial charge < -0.3 is 21.7 Å². The summed E-state index contributed by atoms with van der Waals surface area (Å²) in [4.78, 5) is 23.4. The molecule has 5 N–H and O–H groups in total. The molecular weight excluding hydrogens is 292 g/mol. The molecule has 0 atom stereocenters. The van der Waals surface area contributed by atoms with Crippen LogP contribution in [0.1, 0.15) is 30.6 Å². The van der Waals surface area contributed by atoms with E-state index in [-0.39, 0.29) is 30.4 Å². The van der Waals surface area contributed by atoms with Crippen molar-refractivity contribution in [2.24, 2.45) is 5.73 Å². The molecule has 21 heavy (non-hydrogen) atoms. The van der Waals surface area contributed by atoms with Crippen molar-refractivity contribution in [1.29, 1.82) is 0 Å². The van der Waals surface area contributed by atoms with Crippen LogP contribution in [0.2, 0.25) is 0 Å². The summed E-state index contributed by atoms with van der Waals surface area (Å²) in [7, 11) is 0. The smallest absolute Gasteiger partial charge is 0.319 e. The molecule has 0 aliphatic rings. The van der Waals surface area contributed by atoms with E-state index in [1.807, 2.05) is 13.8 Å². The van der Waals surface area contributed by atoms with Crippen molar-refractivity contribution < 1.29 is 9.59 Å². The number of rotatable bonds is 6. The van der Waals surface area contributed by atoms with Crippen LogP contribution in [-0.2, 0) is 0 Å². The predicted molar refractivity (Wildman–Crippen MR) is 87.0 cm³/mol. The van der Waals surface area contributed by atoms with E-state index in [2.05, 4.69) is 16.0 Å². The Labute approximate surface area is 131 Å². The topological polar surface area (TPSA) is 96.2 Å². The molecule has 118 valence electrons. The Hall–Kier alpha value is -1.79. The highest BCUT2D eigenvalue weighted by molar-refractivity contribution is 5.96. The highest BCUT2D eigenvalue weighted by Crippen LogP contribution is 2.10. The van der Waals surface area contributed by atoms with Crippen molar-refractivity contribution >= 4 is 30.0 Å². The summed E-state index contributed by atoms with van der Waals surface area (Å²) in [6.07, 6.45) is 0.737. The van der Waals surface area contributed by atoms with Crippen LogP contribution in [0, 0.1) is 0 Å². The number of benzene rings is 1. The highest BCUT2D eigenvalue weighted by atomic mass is 35.5. The van der Waals surface area contributed by atoms with Gasteiger partial charge in [0.15, 0.2) is 0 Å². The minimum Gasteiger partial charge on any atom is -0.352 e. The molecule has 0 saturated heterocycles. The number of hydrogen-bond donors (Lipinski definition) is 4. The first kappa shape index (κ1) is 19.2. The Morgan fingerprint density at radius 1 is 1.29 bits per heavy atom. The van der Waals surface area contributed by atoms with E-state index >= 15 is 0 Å². The van der Waals surface area contributed by atoms with Crippen LogP contribution in [0.5, 0.6) is 0 Å². The monoisotopic (exact) mass is 314 g/mol. The number of nitrogens with one attached hydrogen (secondary N) is 3. The van der Waals surface area contributed by atoms with Crippen LogP contribution in [0.25, 0.3) is 0 Å². The van der Waals surface area contributed by atoms with E-state index < -0.39 is 0 Å². The maximum Gasteiger partial charge on any atom is 0.319 e. The van der Waals surface area contributed by atoms with Crippen molar-refractivity contribution in [2.45, 2.75) is 26.3 Å². The third-order valence-corrected chi connectivity index (χ3v) is 2.47. The van der Waals surface area contributed by atoms with E-state index in [0.717, 1.165) is 6.42 Å². The van der Waals surface area contributed by atoms with Gasteiger partial charge in [0.2, 0.25) is 0 Å². The number of halogens is 1. The third kappa shape index (κ3) is 7.53. The molecule has 1 aromatic rings. The van der Waals surface area contributed by atoms with Crippen molar-refractivity contribution in [3.05, 3.63) is 29.8 Å². The first-order chi connectivity index (χ1) is 9.52. The van der Waals surface area contributed by atoms with Gasteiger partial charge in [0, 0.05) is 23.8 Å². The summed E-state index contributed by atoms with van der Waals surface area (Å²) in [5.41, 5.74) is 6.45. The zero-order chi connectivity index (χ0) is 15.0. The van der Waals surface area contributed by atoms with Crippen LogP contribution in [0.15, 0.2) is 24.3 Å². The Kier molecular flexibility index (Phi) is 9.16. The molecule has 7 heteroatoms. The van der Waals surface area contributed by atoms with Crippen LogP contribution >= 0.6 is 12.4 Å². The molecule has 0 fully saturated rings. The molecule has 1 aromatic carbocycles. The molecule has 0 radical (unpaired) electrons. The van der Waals surface area contributed by atoms with E-state index in [1.54, 1.807) is 24.3 Å². The van der Waals surface area contributed by atoms with Gasteiger partial charge in [0.1, 0.15) is 0 Å². The van der Waals surface area contributed by atoms with E-state index in [9.17, 15) is 9.59 Å². The number of carbonyl (C=O) groups excluding carboxylic acids is 2. The number of amides is 3. The molecule has 3 amide bonds. The molecule has 1 rings (SSSR count). The van der Waals surface area contributed by atoms with Crippen molar-refractivity contribution in [2.75, 3.05) is 18.4 Å². The number of urea groups is 1. The number of hydrogen-bond acceptors (Lipinski definition) is 3. The summed E-state index contributed by atoms with van der Waals surface area (Å²) < 4.78 is 0. The van der Waals surface area contributed by atoms with Gasteiger partial charge >= 0.3 is 6.03 Å². The lowest BCUT2D eigenvalue weighted by Gasteiger charge is -2.11. The van der Waals surface area contributed by atoms with Gasteiger partial charge in [-0.2, -0.15) is 0 Å². The fourth-order valence-corrected chi connectivity index (χ4v) is 1.57. The lowest BCUT2D eigenvalue weighted by molar-refractivity contribution is 0.0953. The number of carbonyl (C=O) groups is 2. The quantitative estimate of drug-likeness (QED) is 0.602. The second-order valence-electron chi connectivity index (χ2n) is 4.73. The molecule has 6 nitrogen and oxygen atoms in total. The summed E-state index contributed by atoms with van der Waals surface area (Å²) in [5.74, 6) is -0.175. The van der Waals surface area contributed by atoms with E-state index in [4.69, 9.17) is 5.73 Å². The van der Waals surface area contributed by atoms with Crippen molar-refractivity contribution in [3.63, 3.8) is 0 Å². The summed E-state index contributed by atoms with van der Waals surface area (Å²) in [6.45, 7) is 4.83. The van der Waals surface area contributed by atoms with Crippen molar-refractivity contribution in [3.8, 4) is 0 Å². The third-order valence-electron chi connectivity index (χ3n) is 2.47. The Morgan fingerprint density at radius 2 is 2.00 bits per heavy atom. The first-order valence-corrected chi connectivity index (χ1v) is 6.68. The second-order valence-corrected chi connectivity index (χ2v) is 4.73.